The first-order valence-corrected chi connectivity index (χ1v) is 7.18. The van der Waals surface area contributed by atoms with Crippen LogP contribution in [0, 0.1) is 21.7 Å². The molecule has 9 heteroatoms. The van der Waals surface area contributed by atoms with Crippen molar-refractivity contribution in [1.82, 2.24) is 5.01 Å². The standard InChI is InChI=1S/C16H11F2N3O4/c17-11-7-10(8-12(18)9-11)15-5-6-19-20(15)16(22)25-14-3-1-13(2-4-14)21(23)24/h1-4,6-9,15H,5H2/t15-/m1/s1. The van der Waals surface area contributed by atoms with E-state index in [2.05, 4.69) is 5.10 Å². The first kappa shape index (κ1) is 16.5. The lowest BCUT2D eigenvalue weighted by atomic mass is 10.0. The van der Waals surface area contributed by atoms with Gasteiger partial charge in [-0.3, -0.25) is 10.1 Å². The van der Waals surface area contributed by atoms with E-state index in [1.807, 2.05) is 0 Å². The molecular weight excluding hydrogens is 336 g/mol. The van der Waals surface area contributed by atoms with Crippen LogP contribution in [0.3, 0.4) is 0 Å². The highest BCUT2D eigenvalue weighted by Crippen LogP contribution is 2.30. The molecule has 2 aromatic rings. The fourth-order valence-electron chi connectivity index (χ4n) is 2.42. The van der Waals surface area contributed by atoms with E-state index in [1.165, 1.54) is 30.5 Å². The van der Waals surface area contributed by atoms with E-state index in [0.29, 0.717) is 0 Å². The Morgan fingerprint density at radius 1 is 1.20 bits per heavy atom. The summed E-state index contributed by atoms with van der Waals surface area (Å²) in [6.07, 6.45) is 0.848. The first-order valence-electron chi connectivity index (χ1n) is 7.18. The molecule has 128 valence electrons. The van der Waals surface area contributed by atoms with Gasteiger partial charge in [-0.25, -0.2) is 13.6 Å². The Bertz CT molecular complexity index is 835. The zero-order valence-electron chi connectivity index (χ0n) is 12.6. The highest BCUT2D eigenvalue weighted by Gasteiger charge is 2.30. The van der Waals surface area contributed by atoms with Gasteiger partial charge < -0.3 is 4.74 Å². The van der Waals surface area contributed by atoms with Crippen LogP contribution in [0.25, 0.3) is 0 Å². The van der Waals surface area contributed by atoms with Crippen LogP contribution in [0.4, 0.5) is 19.3 Å². The van der Waals surface area contributed by atoms with Gasteiger partial charge >= 0.3 is 6.09 Å². The summed E-state index contributed by atoms with van der Waals surface area (Å²) in [6, 6.07) is 7.20. The first-order chi connectivity index (χ1) is 11.9. The molecule has 0 N–H and O–H groups in total. The summed E-state index contributed by atoms with van der Waals surface area (Å²) in [6.45, 7) is 0. The van der Waals surface area contributed by atoms with Crippen molar-refractivity contribution in [3.05, 3.63) is 69.8 Å². The lowest BCUT2D eigenvalue weighted by Gasteiger charge is -2.21. The third-order valence-corrected chi connectivity index (χ3v) is 3.54. The molecule has 0 saturated heterocycles. The normalized spacial score (nSPS) is 16.1. The van der Waals surface area contributed by atoms with Gasteiger partial charge in [-0.1, -0.05) is 0 Å². The zero-order chi connectivity index (χ0) is 18.0. The Kier molecular flexibility index (Phi) is 4.38. The second-order valence-electron chi connectivity index (χ2n) is 5.22. The second-order valence-corrected chi connectivity index (χ2v) is 5.22. The SMILES string of the molecule is O=C(Oc1ccc([N+](=O)[O-])cc1)N1N=CC[C@@H]1c1cc(F)cc(F)c1. The quantitative estimate of drug-likeness (QED) is 0.624. The Morgan fingerprint density at radius 2 is 1.84 bits per heavy atom. The van der Waals surface area contributed by atoms with Gasteiger partial charge in [0.1, 0.15) is 17.4 Å². The number of non-ortho nitro benzene ring substituents is 1. The maximum absolute atomic E-state index is 13.4. The molecule has 1 aliphatic rings. The lowest BCUT2D eigenvalue weighted by Crippen LogP contribution is -2.30. The number of carbonyl (C=O) groups excluding carboxylic acids is 1. The maximum atomic E-state index is 13.4. The fraction of sp³-hybridized carbons (Fsp3) is 0.125. The smallest absolute Gasteiger partial charge is 0.409 e. The average Bonchev–Trinajstić information content (AvgIpc) is 3.04. The second kappa shape index (κ2) is 6.63. The van der Waals surface area contributed by atoms with Crippen molar-refractivity contribution < 1.29 is 23.2 Å². The van der Waals surface area contributed by atoms with Crippen molar-refractivity contribution in [3.8, 4) is 5.75 Å². The maximum Gasteiger partial charge on any atom is 0.436 e. The summed E-state index contributed by atoms with van der Waals surface area (Å²) in [5.41, 5.74) is 0.0998. The molecule has 0 aromatic heterocycles. The van der Waals surface area contributed by atoms with Gasteiger partial charge in [-0.05, 0) is 29.8 Å². The third-order valence-electron chi connectivity index (χ3n) is 3.54. The van der Waals surface area contributed by atoms with E-state index in [4.69, 9.17) is 4.74 Å². The van der Waals surface area contributed by atoms with Crippen molar-refractivity contribution >= 4 is 18.0 Å². The number of nitro groups is 1. The van der Waals surface area contributed by atoms with Crippen LogP contribution in [-0.4, -0.2) is 22.2 Å². The van der Waals surface area contributed by atoms with Gasteiger partial charge in [-0.15, -0.1) is 0 Å². The summed E-state index contributed by atoms with van der Waals surface area (Å²) in [5.74, 6) is -1.43. The monoisotopic (exact) mass is 347 g/mol. The molecule has 1 amide bonds. The van der Waals surface area contributed by atoms with E-state index in [0.717, 1.165) is 23.2 Å². The summed E-state index contributed by atoms with van der Waals surface area (Å²) in [4.78, 5) is 22.3. The Hall–Kier alpha value is -3.36. The number of ether oxygens (including phenoxy) is 1. The number of nitrogens with zero attached hydrogens (tertiary/aromatic N) is 3. The summed E-state index contributed by atoms with van der Waals surface area (Å²) >= 11 is 0. The Labute approximate surface area is 140 Å². The Balaban J connectivity index is 1.76. The number of halogens is 2. The van der Waals surface area contributed by atoms with E-state index < -0.39 is 28.7 Å². The number of carbonyl (C=O) groups is 1. The molecule has 0 spiro atoms. The zero-order valence-corrected chi connectivity index (χ0v) is 12.6. The van der Waals surface area contributed by atoms with Crippen LogP contribution in [0.5, 0.6) is 5.75 Å². The summed E-state index contributed by atoms with van der Waals surface area (Å²) < 4.78 is 31.9. The minimum atomic E-state index is -0.864. The van der Waals surface area contributed by atoms with Crippen LogP contribution < -0.4 is 4.74 Å². The highest BCUT2D eigenvalue weighted by molar-refractivity contribution is 5.75. The van der Waals surface area contributed by atoms with E-state index in [-0.39, 0.29) is 23.4 Å². The van der Waals surface area contributed by atoms with Crippen LogP contribution >= 0.6 is 0 Å². The van der Waals surface area contributed by atoms with E-state index in [9.17, 15) is 23.7 Å². The molecule has 1 heterocycles. The number of nitro benzene ring substituents is 1. The number of rotatable bonds is 3. The summed E-state index contributed by atoms with van der Waals surface area (Å²) in [5, 5.41) is 15.5. The molecule has 7 nitrogen and oxygen atoms in total. The van der Waals surface area contributed by atoms with Crippen LogP contribution in [0.1, 0.15) is 18.0 Å². The van der Waals surface area contributed by atoms with E-state index in [1.54, 1.807) is 0 Å². The Morgan fingerprint density at radius 3 is 2.44 bits per heavy atom. The van der Waals surface area contributed by atoms with Gasteiger partial charge in [0.25, 0.3) is 5.69 Å². The minimum Gasteiger partial charge on any atom is -0.409 e. The molecule has 0 bridgehead atoms. The molecule has 2 aromatic carbocycles. The molecule has 1 aliphatic heterocycles. The molecular formula is C16H11F2N3O4. The molecule has 0 aliphatic carbocycles. The van der Waals surface area contributed by atoms with Gasteiger partial charge in [0.2, 0.25) is 0 Å². The van der Waals surface area contributed by atoms with Crippen molar-refractivity contribution in [2.45, 2.75) is 12.5 Å². The van der Waals surface area contributed by atoms with Gasteiger partial charge in [-0.2, -0.15) is 10.1 Å². The number of hydrogen-bond acceptors (Lipinski definition) is 5. The third kappa shape index (κ3) is 3.60. The van der Waals surface area contributed by atoms with Gasteiger partial charge in [0.05, 0.1) is 11.0 Å². The highest BCUT2D eigenvalue weighted by atomic mass is 19.1. The predicted molar refractivity (Wildman–Crippen MR) is 83.2 cm³/mol. The van der Waals surface area contributed by atoms with Gasteiger partial charge in [0.15, 0.2) is 0 Å². The molecule has 25 heavy (non-hydrogen) atoms. The van der Waals surface area contributed by atoms with Gasteiger partial charge in [0, 0.05) is 30.8 Å². The number of hydrogen-bond donors (Lipinski definition) is 0. The van der Waals surface area contributed by atoms with Crippen molar-refractivity contribution in [3.63, 3.8) is 0 Å². The molecule has 3 rings (SSSR count). The van der Waals surface area contributed by atoms with Crippen molar-refractivity contribution in [2.75, 3.05) is 0 Å². The van der Waals surface area contributed by atoms with Crippen LogP contribution in [0.2, 0.25) is 0 Å². The van der Waals surface area contributed by atoms with Crippen LogP contribution in [0.15, 0.2) is 47.6 Å². The fourth-order valence-corrected chi connectivity index (χ4v) is 2.42. The number of amides is 1. The minimum absolute atomic E-state index is 0.0851. The van der Waals surface area contributed by atoms with Crippen molar-refractivity contribution in [2.24, 2.45) is 5.10 Å². The van der Waals surface area contributed by atoms with Crippen molar-refractivity contribution in [1.29, 1.82) is 0 Å². The summed E-state index contributed by atoms with van der Waals surface area (Å²) in [7, 11) is 0. The number of benzene rings is 2. The lowest BCUT2D eigenvalue weighted by molar-refractivity contribution is -0.384. The molecule has 0 saturated carbocycles. The van der Waals surface area contributed by atoms with Crippen LogP contribution in [-0.2, 0) is 0 Å². The molecule has 1 atom stereocenters. The largest absolute Gasteiger partial charge is 0.436 e. The predicted octanol–water partition coefficient (Wildman–Crippen LogP) is 3.80. The molecule has 0 radical (unpaired) electrons. The average molecular weight is 347 g/mol. The number of hydrazone groups is 1. The molecule has 0 unspecified atom stereocenters. The topological polar surface area (TPSA) is 85.0 Å². The molecule has 0 fully saturated rings. The van der Waals surface area contributed by atoms with E-state index >= 15 is 0 Å².